The zero-order chi connectivity index (χ0) is 15.0. The van der Waals surface area contributed by atoms with Crippen LogP contribution >= 0.6 is 34.2 Å². The van der Waals surface area contributed by atoms with E-state index in [1.165, 1.54) is 20.4 Å². The molecule has 0 saturated carbocycles. The maximum Gasteiger partial charge on any atom is 0.115 e. The largest absolute Gasteiger partial charge is 0.296 e. The predicted octanol–water partition coefficient (Wildman–Crippen LogP) is 5.03. The third kappa shape index (κ3) is 2.81. The number of alkyl halides is 1. The zero-order valence-electron chi connectivity index (χ0n) is 12.0. The van der Waals surface area contributed by atoms with E-state index in [0.29, 0.717) is 5.88 Å². The molecule has 108 valence electrons. The summed E-state index contributed by atoms with van der Waals surface area (Å²) in [5.41, 5.74) is 5.86. The van der Waals surface area contributed by atoms with Gasteiger partial charge in [0, 0.05) is 15.9 Å². The summed E-state index contributed by atoms with van der Waals surface area (Å²) in [5.74, 6) is 1.60. The zero-order valence-corrected chi connectivity index (χ0v) is 14.9. The van der Waals surface area contributed by atoms with Gasteiger partial charge in [0.25, 0.3) is 0 Å². The van der Waals surface area contributed by atoms with Gasteiger partial charge in [-0.25, -0.2) is 4.98 Å². The van der Waals surface area contributed by atoms with Gasteiger partial charge < -0.3 is 0 Å². The molecule has 0 amide bonds. The number of halogens is 2. The molecule has 21 heavy (non-hydrogen) atoms. The lowest BCUT2D eigenvalue weighted by molar-refractivity contribution is 0.906. The van der Waals surface area contributed by atoms with Crippen molar-refractivity contribution in [2.75, 3.05) is 5.88 Å². The Kier molecular flexibility index (Phi) is 4.22. The number of imidazole rings is 1. The molecule has 1 aromatic heterocycles. The molecule has 0 unspecified atom stereocenters. The van der Waals surface area contributed by atoms with Gasteiger partial charge in [-0.3, -0.25) is 4.57 Å². The van der Waals surface area contributed by atoms with Crippen LogP contribution in [0.1, 0.15) is 17.0 Å². The topological polar surface area (TPSA) is 17.8 Å². The molecule has 0 aliphatic rings. The molecule has 3 rings (SSSR count). The highest BCUT2D eigenvalue weighted by Gasteiger charge is 2.14. The first-order valence-corrected chi connectivity index (χ1v) is 8.52. The lowest BCUT2D eigenvalue weighted by Gasteiger charge is -2.12. The molecule has 0 spiro atoms. The van der Waals surface area contributed by atoms with E-state index < -0.39 is 0 Å². The second-order valence-corrected chi connectivity index (χ2v) is 6.85. The normalized spacial score (nSPS) is 11.2. The summed E-state index contributed by atoms with van der Waals surface area (Å²) in [7, 11) is 0. The van der Waals surface area contributed by atoms with Gasteiger partial charge in [-0.1, -0.05) is 12.1 Å². The molecule has 2 aromatic carbocycles. The molecule has 0 aliphatic carbocycles. The first-order valence-electron chi connectivity index (χ1n) is 6.90. The minimum absolute atomic E-state index is 0.575. The van der Waals surface area contributed by atoms with Crippen molar-refractivity contribution in [1.82, 2.24) is 9.55 Å². The third-order valence-electron chi connectivity index (χ3n) is 3.61. The Morgan fingerprint density at radius 2 is 1.95 bits per heavy atom. The standard InChI is InChI=1S/C17H16ClIN2/c1-11-3-4-12(2)16(9-11)21-15-6-5-13(19)10-14(15)20-17(21)7-8-18/h3-6,9-10H,7-8H2,1-2H3. The first-order chi connectivity index (χ1) is 10.1. The molecule has 0 radical (unpaired) electrons. The monoisotopic (exact) mass is 410 g/mol. The van der Waals surface area contributed by atoms with Crippen molar-refractivity contribution in [2.24, 2.45) is 0 Å². The van der Waals surface area contributed by atoms with Crippen LogP contribution in [0, 0.1) is 17.4 Å². The van der Waals surface area contributed by atoms with Gasteiger partial charge in [-0.15, -0.1) is 11.6 Å². The average Bonchev–Trinajstić information content (AvgIpc) is 2.79. The molecule has 0 aliphatic heterocycles. The molecule has 0 bridgehead atoms. The van der Waals surface area contributed by atoms with E-state index in [-0.39, 0.29) is 0 Å². The van der Waals surface area contributed by atoms with Crippen LogP contribution in [-0.4, -0.2) is 15.4 Å². The van der Waals surface area contributed by atoms with Gasteiger partial charge in [-0.2, -0.15) is 0 Å². The number of hydrogen-bond donors (Lipinski definition) is 0. The van der Waals surface area contributed by atoms with Gasteiger partial charge in [-0.05, 0) is 71.8 Å². The first kappa shape index (κ1) is 14.9. The summed E-state index contributed by atoms with van der Waals surface area (Å²) in [6.07, 6.45) is 0.764. The Labute approximate surface area is 143 Å². The summed E-state index contributed by atoms with van der Waals surface area (Å²) < 4.78 is 3.44. The van der Waals surface area contributed by atoms with E-state index in [0.717, 1.165) is 23.3 Å². The molecular formula is C17H16ClIN2. The smallest absolute Gasteiger partial charge is 0.115 e. The summed E-state index contributed by atoms with van der Waals surface area (Å²) in [6, 6.07) is 12.9. The summed E-state index contributed by atoms with van der Waals surface area (Å²) in [6.45, 7) is 4.25. The quantitative estimate of drug-likeness (QED) is 0.437. The van der Waals surface area contributed by atoms with E-state index in [4.69, 9.17) is 16.6 Å². The molecular weight excluding hydrogens is 395 g/mol. The molecule has 0 saturated heterocycles. The van der Waals surface area contributed by atoms with Crippen LogP contribution in [0.2, 0.25) is 0 Å². The van der Waals surface area contributed by atoms with E-state index in [9.17, 15) is 0 Å². The van der Waals surface area contributed by atoms with Crippen LogP contribution in [0.3, 0.4) is 0 Å². The summed E-state index contributed by atoms with van der Waals surface area (Å²) in [5, 5.41) is 0. The van der Waals surface area contributed by atoms with Gasteiger partial charge in [0.15, 0.2) is 0 Å². The molecule has 2 nitrogen and oxygen atoms in total. The Morgan fingerprint density at radius 1 is 1.14 bits per heavy atom. The van der Waals surface area contributed by atoms with Crippen molar-refractivity contribution in [3.8, 4) is 5.69 Å². The number of fused-ring (bicyclic) bond motifs is 1. The second kappa shape index (κ2) is 5.97. The van der Waals surface area contributed by atoms with Crippen molar-refractivity contribution in [2.45, 2.75) is 20.3 Å². The molecule has 0 atom stereocenters. The fraction of sp³-hybridized carbons (Fsp3) is 0.235. The van der Waals surface area contributed by atoms with Crippen LogP contribution < -0.4 is 0 Å². The second-order valence-electron chi connectivity index (χ2n) is 5.23. The molecule has 0 N–H and O–H groups in total. The van der Waals surface area contributed by atoms with E-state index in [2.05, 4.69) is 77.4 Å². The van der Waals surface area contributed by atoms with Crippen molar-refractivity contribution in [1.29, 1.82) is 0 Å². The maximum absolute atomic E-state index is 5.97. The molecule has 4 heteroatoms. The minimum Gasteiger partial charge on any atom is -0.296 e. The van der Waals surface area contributed by atoms with Crippen LogP contribution in [0.25, 0.3) is 16.7 Å². The number of aromatic nitrogens is 2. The Morgan fingerprint density at radius 3 is 2.71 bits per heavy atom. The van der Waals surface area contributed by atoms with Crippen LogP contribution in [0.5, 0.6) is 0 Å². The number of hydrogen-bond acceptors (Lipinski definition) is 1. The highest BCUT2D eigenvalue weighted by molar-refractivity contribution is 14.1. The summed E-state index contributed by atoms with van der Waals surface area (Å²) in [4.78, 5) is 4.78. The van der Waals surface area contributed by atoms with Crippen LogP contribution in [0.15, 0.2) is 36.4 Å². The third-order valence-corrected chi connectivity index (χ3v) is 4.47. The lowest BCUT2D eigenvalue weighted by Crippen LogP contribution is -2.04. The predicted molar refractivity (Wildman–Crippen MR) is 97.7 cm³/mol. The van der Waals surface area contributed by atoms with Gasteiger partial charge in [0.2, 0.25) is 0 Å². The maximum atomic E-state index is 5.97. The van der Waals surface area contributed by atoms with Crippen LogP contribution in [0.4, 0.5) is 0 Å². The Bertz CT molecular complexity index is 808. The summed E-state index contributed by atoms with van der Waals surface area (Å²) >= 11 is 8.29. The van der Waals surface area contributed by atoms with Crippen molar-refractivity contribution < 1.29 is 0 Å². The van der Waals surface area contributed by atoms with Gasteiger partial charge >= 0.3 is 0 Å². The minimum atomic E-state index is 0.575. The SMILES string of the molecule is Cc1ccc(C)c(-n2c(CCCl)nc3cc(I)ccc32)c1. The fourth-order valence-electron chi connectivity index (χ4n) is 2.58. The van der Waals surface area contributed by atoms with Crippen molar-refractivity contribution in [3.05, 3.63) is 56.9 Å². The number of rotatable bonds is 3. The van der Waals surface area contributed by atoms with Crippen LogP contribution in [-0.2, 0) is 6.42 Å². The number of benzene rings is 2. The fourth-order valence-corrected chi connectivity index (χ4v) is 3.23. The number of nitrogens with zero attached hydrogens (tertiary/aromatic N) is 2. The van der Waals surface area contributed by atoms with Crippen molar-refractivity contribution >= 4 is 45.2 Å². The van der Waals surface area contributed by atoms with Crippen molar-refractivity contribution in [3.63, 3.8) is 0 Å². The number of aryl methyl sites for hydroxylation is 3. The van der Waals surface area contributed by atoms with Gasteiger partial charge in [0.05, 0.1) is 16.7 Å². The van der Waals surface area contributed by atoms with Gasteiger partial charge in [0.1, 0.15) is 5.82 Å². The van der Waals surface area contributed by atoms with E-state index in [1.54, 1.807) is 0 Å². The highest BCUT2D eigenvalue weighted by atomic mass is 127. The van der Waals surface area contributed by atoms with E-state index in [1.807, 2.05) is 0 Å². The Hall–Kier alpha value is -1.07. The highest BCUT2D eigenvalue weighted by Crippen LogP contribution is 2.26. The molecule has 0 fully saturated rings. The van der Waals surface area contributed by atoms with E-state index >= 15 is 0 Å². The molecule has 1 heterocycles. The molecule has 3 aromatic rings. The average molecular weight is 411 g/mol. The lowest BCUT2D eigenvalue weighted by atomic mass is 10.1. The Balaban J connectivity index is 2.33.